The molecule has 1 aliphatic rings. The van der Waals surface area contributed by atoms with Crippen LogP contribution in [0, 0.1) is 5.82 Å². The van der Waals surface area contributed by atoms with Crippen molar-refractivity contribution in [1.82, 2.24) is 5.16 Å². The van der Waals surface area contributed by atoms with E-state index >= 15 is 0 Å². The van der Waals surface area contributed by atoms with Crippen molar-refractivity contribution in [2.24, 2.45) is 0 Å². The molecule has 4 rings (SSSR count). The van der Waals surface area contributed by atoms with Gasteiger partial charge in [0.1, 0.15) is 5.82 Å². The van der Waals surface area contributed by atoms with Gasteiger partial charge in [0.2, 0.25) is 0 Å². The predicted octanol–water partition coefficient (Wildman–Crippen LogP) is 5.86. The second kappa shape index (κ2) is 8.43. The molecule has 1 saturated heterocycles. The van der Waals surface area contributed by atoms with Gasteiger partial charge in [0.15, 0.2) is 11.3 Å². The molecule has 0 radical (unpaired) electrons. The van der Waals surface area contributed by atoms with Gasteiger partial charge in [-0.05, 0) is 49.3 Å². The van der Waals surface area contributed by atoms with Crippen molar-refractivity contribution in [3.8, 4) is 5.75 Å². The topological polar surface area (TPSA) is 38.5 Å². The summed E-state index contributed by atoms with van der Waals surface area (Å²) in [6, 6.07) is 11.1. The molecule has 28 heavy (non-hydrogen) atoms. The van der Waals surface area contributed by atoms with Gasteiger partial charge in [0.05, 0.1) is 23.4 Å². The van der Waals surface area contributed by atoms with Crippen molar-refractivity contribution in [1.29, 1.82) is 0 Å². The first kappa shape index (κ1) is 19.1. The Hall–Kier alpha value is -2.21. The minimum absolute atomic E-state index is 0.294. The summed E-state index contributed by atoms with van der Waals surface area (Å²) >= 11 is 1.85. The first-order valence-corrected chi connectivity index (χ1v) is 10.8. The summed E-state index contributed by atoms with van der Waals surface area (Å²) in [7, 11) is 1.75. The van der Waals surface area contributed by atoms with Gasteiger partial charge in [-0.25, -0.2) is 4.39 Å². The molecule has 6 heteroatoms. The molecule has 4 nitrogen and oxygen atoms in total. The maximum atomic E-state index is 13.4. The molecular formula is C22H25FN2O2S. The minimum Gasteiger partial charge on any atom is -0.493 e. The zero-order valence-corrected chi connectivity index (χ0v) is 17.1. The highest BCUT2D eigenvalue weighted by Gasteiger charge is 2.27. The number of methoxy groups -OCH3 is 1. The maximum absolute atomic E-state index is 13.4. The van der Waals surface area contributed by atoms with Gasteiger partial charge in [0.25, 0.3) is 0 Å². The van der Waals surface area contributed by atoms with Crippen LogP contribution in [0.5, 0.6) is 5.75 Å². The van der Waals surface area contributed by atoms with E-state index < -0.39 is 0 Å². The van der Waals surface area contributed by atoms with Crippen LogP contribution in [0.15, 0.2) is 45.8 Å². The highest BCUT2D eigenvalue weighted by molar-refractivity contribution is 7.99. The van der Waals surface area contributed by atoms with Crippen molar-refractivity contribution in [2.45, 2.75) is 37.0 Å². The SMILES string of the molecule is CCCSc1cccc(N2CCC(c3noc4cc(F)ccc34)CC2)c1OC. The van der Waals surface area contributed by atoms with E-state index in [2.05, 4.69) is 35.2 Å². The Balaban J connectivity index is 1.51. The van der Waals surface area contributed by atoms with Crippen LogP contribution in [-0.4, -0.2) is 31.1 Å². The first-order chi connectivity index (χ1) is 13.7. The number of aromatic nitrogens is 1. The van der Waals surface area contributed by atoms with E-state index in [-0.39, 0.29) is 5.82 Å². The summed E-state index contributed by atoms with van der Waals surface area (Å²) in [6.07, 6.45) is 3.10. The lowest BCUT2D eigenvalue weighted by Gasteiger charge is -2.34. The van der Waals surface area contributed by atoms with E-state index in [1.165, 1.54) is 17.0 Å². The summed E-state index contributed by atoms with van der Waals surface area (Å²) < 4.78 is 24.5. The van der Waals surface area contributed by atoms with E-state index in [9.17, 15) is 4.39 Å². The molecule has 0 amide bonds. The lowest BCUT2D eigenvalue weighted by molar-refractivity contribution is 0.397. The summed E-state index contributed by atoms with van der Waals surface area (Å²) in [5.74, 6) is 2.09. The smallest absolute Gasteiger partial charge is 0.170 e. The molecule has 1 aromatic heterocycles. The average molecular weight is 401 g/mol. The highest BCUT2D eigenvalue weighted by Crippen LogP contribution is 2.41. The van der Waals surface area contributed by atoms with Crippen molar-refractivity contribution in [2.75, 3.05) is 30.9 Å². The molecule has 3 aromatic rings. The van der Waals surface area contributed by atoms with Gasteiger partial charge < -0.3 is 14.2 Å². The number of benzene rings is 2. The van der Waals surface area contributed by atoms with Crippen LogP contribution in [0.4, 0.5) is 10.1 Å². The Morgan fingerprint density at radius 2 is 2.07 bits per heavy atom. The molecule has 148 valence electrons. The predicted molar refractivity (Wildman–Crippen MR) is 112 cm³/mol. The number of anilines is 1. The van der Waals surface area contributed by atoms with Gasteiger partial charge in [-0.2, -0.15) is 0 Å². The van der Waals surface area contributed by atoms with Gasteiger partial charge in [-0.15, -0.1) is 11.8 Å². The quantitative estimate of drug-likeness (QED) is 0.485. The number of ether oxygens (including phenoxy) is 1. The van der Waals surface area contributed by atoms with Crippen molar-refractivity contribution >= 4 is 28.4 Å². The summed E-state index contributed by atoms with van der Waals surface area (Å²) in [4.78, 5) is 3.60. The Morgan fingerprint density at radius 1 is 1.25 bits per heavy atom. The van der Waals surface area contributed by atoms with Crippen molar-refractivity contribution < 1.29 is 13.7 Å². The zero-order valence-electron chi connectivity index (χ0n) is 16.3. The summed E-state index contributed by atoms with van der Waals surface area (Å²) in [5.41, 5.74) is 2.64. The summed E-state index contributed by atoms with van der Waals surface area (Å²) in [5, 5.41) is 5.18. The summed E-state index contributed by atoms with van der Waals surface area (Å²) in [6.45, 7) is 4.05. The standard InChI is InChI=1S/C22H25FN2O2S/c1-3-13-28-20-6-4-5-18(22(20)26-2)25-11-9-15(10-12-25)21-17-8-7-16(23)14-19(17)27-24-21/h4-8,14-15H,3,9-13H2,1-2H3. The van der Waals surface area contributed by atoms with Crippen molar-refractivity contribution in [3.63, 3.8) is 0 Å². The Bertz CT molecular complexity index is 951. The fourth-order valence-electron chi connectivity index (χ4n) is 3.90. The molecule has 0 spiro atoms. The number of rotatable bonds is 6. The molecule has 0 atom stereocenters. The molecule has 1 aliphatic heterocycles. The molecule has 0 N–H and O–H groups in total. The van der Waals surface area contributed by atoms with E-state index in [0.29, 0.717) is 11.5 Å². The number of hydrogen-bond donors (Lipinski definition) is 0. The zero-order chi connectivity index (χ0) is 19.5. The van der Waals surface area contributed by atoms with Crippen LogP contribution in [-0.2, 0) is 0 Å². The molecule has 0 bridgehead atoms. The Kier molecular flexibility index (Phi) is 5.76. The van der Waals surface area contributed by atoms with Gasteiger partial charge >= 0.3 is 0 Å². The van der Waals surface area contributed by atoms with Gasteiger partial charge in [0, 0.05) is 30.5 Å². The number of nitrogens with zero attached hydrogens (tertiary/aromatic N) is 2. The maximum Gasteiger partial charge on any atom is 0.170 e. The molecule has 0 saturated carbocycles. The number of piperidine rings is 1. The lowest BCUT2D eigenvalue weighted by Crippen LogP contribution is -2.33. The van der Waals surface area contributed by atoms with E-state index in [1.807, 2.05) is 11.8 Å². The monoisotopic (exact) mass is 400 g/mol. The fraction of sp³-hybridized carbons (Fsp3) is 0.409. The molecule has 1 fully saturated rings. The second-order valence-corrected chi connectivity index (χ2v) is 8.26. The third kappa shape index (κ3) is 3.70. The largest absolute Gasteiger partial charge is 0.493 e. The van der Waals surface area contributed by atoms with Gasteiger partial charge in [-0.1, -0.05) is 18.1 Å². The number of hydrogen-bond acceptors (Lipinski definition) is 5. The lowest BCUT2D eigenvalue weighted by atomic mass is 9.91. The van der Waals surface area contributed by atoms with Crippen LogP contribution in [0.1, 0.15) is 37.8 Å². The van der Waals surface area contributed by atoms with Crippen LogP contribution < -0.4 is 9.64 Å². The molecular weight excluding hydrogens is 375 g/mol. The Morgan fingerprint density at radius 3 is 2.82 bits per heavy atom. The van der Waals surface area contributed by atoms with E-state index in [0.717, 1.165) is 60.6 Å². The highest BCUT2D eigenvalue weighted by atomic mass is 32.2. The number of halogens is 1. The second-order valence-electron chi connectivity index (χ2n) is 7.13. The van der Waals surface area contributed by atoms with Crippen LogP contribution in [0.2, 0.25) is 0 Å². The molecule has 2 aromatic carbocycles. The van der Waals surface area contributed by atoms with Crippen LogP contribution in [0.3, 0.4) is 0 Å². The van der Waals surface area contributed by atoms with E-state index in [1.54, 1.807) is 13.2 Å². The normalized spacial score (nSPS) is 15.3. The van der Waals surface area contributed by atoms with Crippen LogP contribution in [0.25, 0.3) is 11.0 Å². The third-order valence-electron chi connectivity index (χ3n) is 5.31. The van der Waals surface area contributed by atoms with Crippen molar-refractivity contribution in [3.05, 3.63) is 47.9 Å². The Labute approximate surface area is 169 Å². The van der Waals surface area contributed by atoms with E-state index in [4.69, 9.17) is 9.26 Å². The van der Waals surface area contributed by atoms with Gasteiger partial charge in [-0.3, -0.25) is 0 Å². The average Bonchev–Trinajstić information content (AvgIpc) is 3.15. The number of thioether (sulfide) groups is 1. The number of fused-ring (bicyclic) bond motifs is 1. The molecule has 0 aliphatic carbocycles. The third-order valence-corrected chi connectivity index (χ3v) is 6.55. The minimum atomic E-state index is -0.294. The molecule has 2 heterocycles. The molecule has 0 unspecified atom stereocenters. The first-order valence-electron chi connectivity index (χ1n) is 9.80. The number of para-hydroxylation sites is 1. The van der Waals surface area contributed by atoms with Crippen LogP contribution >= 0.6 is 11.8 Å². The fourth-order valence-corrected chi connectivity index (χ4v) is 4.82.